The molecule has 5 rings (SSSR count). The third-order valence-corrected chi connectivity index (χ3v) is 5.76. The van der Waals surface area contributed by atoms with Crippen LogP contribution in [0.2, 0.25) is 0 Å². The van der Waals surface area contributed by atoms with E-state index in [9.17, 15) is 9.18 Å². The average Bonchev–Trinajstić information content (AvgIpc) is 3.41. The minimum absolute atomic E-state index is 0.00762. The Bertz CT molecular complexity index is 1580. The molecular weight excluding hydrogens is 427 g/mol. The second-order valence-electron chi connectivity index (χ2n) is 7.50. The largest absolute Gasteiger partial charge is 0.496 e. The lowest BCUT2D eigenvalue weighted by Gasteiger charge is -2.13. The van der Waals surface area contributed by atoms with E-state index in [1.165, 1.54) is 22.4 Å². The van der Waals surface area contributed by atoms with Gasteiger partial charge in [-0.25, -0.2) is 9.18 Å². The molecule has 0 atom stereocenters. The summed E-state index contributed by atoms with van der Waals surface area (Å²) in [4.78, 5) is 21.7. The van der Waals surface area contributed by atoms with Gasteiger partial charge >= 0.3 is 5.69 Å². The highest BCUT2D eigenvalue weighted by molar-refractivity contribution is 6.05. The molecule has 0 radical (unpaired) electrons. The van der Waals surface area contributed by atoms with Gasteiger partial charge in [-0.2, -0.15) is 5.10 Å². The van der Waals surface area contributed by atoms with Crippen molar-refractivity contribution >= 4 is 21.9 Å². The third kappa shape index (κ3) is 3.05. The van der Waals surface area contributed by atoms with Crippen LogP contribution in [0.4, 0.5) is 4.39 Å². The molecule has 0 saturated heterocycles. The standard InChI is InChI=1S/C23H21FN6O3/c1-5-29-12-13(8-27-29)14-6-15-17(7-19(14)32-3)26-10-18-21(15)30(23(31)28(18)2)22-16(24)9-25-11-20(22)33-4/h6-12H,5H2,1-4H3. The maximum absolute atomic E-state index is 15.0. The van der Waals surface area contributed by atoms with Crippen LogP contribution in [0.15, 0.2) is 47.9 Å². The number of hydrogen-bond acceptors (Lipinski definition) is 6. The fourth-order valence-corrected chi connectivity index (χ4v) is 4.08. The lowest BCUT2D eigenvalue weighted by atomic mass is 10.0. The van der Waals surface area contributed by atoms with Crippen LogP contribution >= 0.6 is 0 Å². The molecular formula is C23H21FN6O3. The Morgan fingerprint density at radius 2 is 1.85 bits per heavy atom. The predicted molar refractivity (Wildman–Crippen MR) is 122 cm³/mol. The quantitative estimate of drug-likeness (QED) is 0.410. The molecule has 0 fully saturated rings. The van der Waals surface area contributed by atoms with E-state index >= 15 is 0 Å². The zero-order valence-corrected chi connectivity index (χ0v) is 18.5. The summed E-state index contributed by atoms with van der Waals surface area (Å²) in [5.41, 5.74) is 2.84. The topological polar surface area (TPSA) is 89.0 Å². The summed E-state index contributed by atoms with van der Waals surface area (Å²) < 4.78 is 30.5. The van der Waals surface area contributed by atoms with Gasteiger partial charge in [0.2, 0.25) is 0 Å². The zero-order valence-electron chi connectivity index (χ0n) is 18.5. The number of benzene rings is 1. The molecule has 9 nitrogen and oxygen atoms in total. The van der Waals surface area contributed by atoms with Crippen LogP contribution in [0, 0.1) is 5.82 Å². The van der Waals surface area contributed by atoms with Gasteiger partial charge in [-0.1, -0.05) is 0 Å². The number of nitrogens with zero attached hydrogens (tertiary/aromatic N) is 6. The first-order valence-corrected chi connectivity index (χ1v) is 10.3. The van der Waals surface area contributed by atoms with Gasteiger partial charge < -0.3 is 9.47 Å². The van der Waals surface area contributed by atoms with Crippen molar-refractivity contribution in [3.63, 3.8) is 0 Å². The summed E-state index contributed by atoms with van der Waals surface area (Å²) in [6.07, 6.45) is 7.70. The molecule has 168 valence electrons. The Morgan fingerprint density at radius 1 is 1.06 bits per heavy atom. The fraction of sp³-hybridized carbons (Fsp3) is 0.217. The Balaban J connectivity index is 1.93. The van der Waals surface area contributed by atoms with Crippen molar-refractivity contribution in [1.82, 2.24) is 28.9 Å². The number of methoxy groups -OCH3 is 2. The van der Waals surface area contributed by atoms with Crippen molar-refractivity contribution in [1.29, 1.82) is 0 Å². The molecule has 0 aliphatic heterocycles. The molecule has 1 aromatic carbocycles. The first kappa shape index (κ1) is 20.7. The van der Waals surface area contributed by atoms with E-state index in [-0.39, 0.29) is 11.4 Å². The monoisotopic (exact) mass is 448 g/mol. The Morgan fingerprint density at radius 3 is 2.55 bits per heavy atom. The molecule has 0 saturated carbocycles. The van der Waals surface area contributed by atoms with E-state index in [2.05, 4.69) is 15.1 Å². The van der Waals surface area contributed by atoms with E-state index in [1.807, 2.05) is 23.9 Å². The molecule has 0 bridgehead atoms. The number of halogens is 1. The van der Waals surface area contributed by atoms with Gasteiger partial charge in [-0.15, -0.1) is 0 Å². The van der Waals surface area contributed by atoms with Gasteiger partial charge in [-0.3, -0.25) is 23.8 Å². The molecule has 0 spiro atoms. The number of rotatable bonds is 5. The van der Waals surface area contributed by atoms with Crippen molar-refractivity contribution in [2.24, 2.45) is 7.05 Å². The van der Waals surface area contributed by atoms with Gasteiger partial charge in [-0.05, 0) is 13.0 Å². The van der Waals surface area contributed by atoms with Crippen molar-refractivity contribution < 1.29 is 13.9 Å². The van der Waals surface area contributed by atoms with Crippen molar-refractivity contribution in [3.8, 4) is 28.3 Å². The SMILES string of the molecule is CCn1cc(-c2cc3c(cc2OC)ncc2c3n(-c3c(F)cncc3OC)c(=O)n2C)cn1. The minimum Gasteiger partial charge on any atom is -0.496 e. The fourth-order valence-electron chi connectivity index (χ4n) is 4.08. The highest BCUT2D eigenvalue weighted by Gasteiger charge is 2.23. The highest BCUT2D eigenvalue weighted by Crippen LogP contribution is 2.37. The summed E-state index contributed by atoms with van der Waals surface area (Å²) in [6.45, 7) is 2.72. The first-order chi connectivity index (χ1) is 16.0. The molecule has 4 aromatic heterocycles. The van der Waals surface area contributed by atoms with E-state index in [4.69, 9.17) is 9.47 Å². The van der Waals surface area contributed by atoms with Crippen molar-refractivity contribution in [2.45, 2.75) is 13.5 Å². The molecule has 0 aliphatic rings. The number of aryl methyl sites for hydroxylation is 2. The van der Waals surface area contributed by atoms with E-state index < -0.39 is 11.5 Å². The van der Waals surface area contributed by atoms with Gasteiger partial charge in [0, 0.05) is 42.4 Å². The van der Waals surface area contributed by atoms with Crippen LogP contribution in [0.1, 0.15) is 6.92 Å². The van der Waals surface area contributed by atoms with E-state index in [1.54, 1.807) is 32.6 Å². The molecule has 33 heavy (non-hydrogen) atoms. The normalized spacial score (nSPS) is 11.4. The maximum atomic E-state index is 15.0. The lowest BCUT2D eigenvalue weighted by Crippen LogP contribution is -2.22. The molecule has 4 heterocycles. The maximum Gasteiger partial charge on any atom is 0.333 e. The number of ether oxygens (including phenoxy) is 2. The smallest absolute Gasteiger partial charge is 0.333 e. The van der Waals surface area contributed by atoms with Crippen molar-refractivity contribution in [3.05, 3.63) is 59.4 Å². The van der Waals surface area contributed by atoms with Crippen LogP contribution < -0.4 is 15.2 Å². The van der Waals surface area contributed by atoms with Gasteiger partial charge in [0.25, 0.3) is 0 Å². The van der Waals surface area contributed by atoms with Crippen molar-refractivity contribution in [2.75, 3.05) is 14.2 Å². The number of hydrogen-bond donors (Lipinski definition) is 0. The molecule has 10 heteroatoms. The lowest BCUT2D eigenvalue weighted by molar-refractivity contribution is 0.406. The summed E-state index contributed by atoms with van der Waals surface area (Å²) >= 11 is 0. The molecule has 0 aliphatic carbocycles. The Labute approximate surface area is 187 Å². The summed E-state index contributed by atoms with van der Waals surface area (Å²) in [7, 11) is 4.61. The number of aromatic nitrogens is 6. The number of fused-ring (bicyclic) bond motifs is 3. The zero-order chi connectivity index (χ0) is 23.3. The average molecular weight is 448 g/mol. The van der Waals surface area contributed by atoms with Gasteiger partial charge in [0.05, 0.1) is 55.6 Å². The highest BCUT2D eigenvalue weighted by atomic mass is 19.1. The summed E-state index contributed by atoms with van der Waals surface area (Å²) in [5.74, 6) is 0.0851. The van der Waals surface area contributed by atoms with Gasteiger partial charge in [0.1, 0.15) is 11.4 Å². The van der Waals surface area contributed by atoms with E-state index in [0.29, 0.717) is 27.7 Å². The second kappa shape index (κ2) is 7.73. The summed E-state index contributed by atoms with van der Waals surface area (Å²) in [6, 6.07) is 3.69. The third-order valence-electron chi connectivity index (χ3n) is 5.76. The Hall–Kier alpha value is -4.21. The minimum atomic E-state index is -0.674. The summed E-state index contributed by atoms with van der Waals surface area (Å²) in [5, 5.41) is 5.02. The molecule has 0 amide bonds. The van der Waals surface area contributed by atoms with Crippen LogP contribution in [-0.2, 0) is 13.6 Å². The first-order valence-electron chi connectivity index (χ1n) is 10.3. The van der Waals surface area contributed by atoms with E-state index in [0.717, 1.165) is 23.9 Å². The number of pyridine rings is 2. The Kier molecular flexibility index (Phi) is 4.85. The number of imidazole rings is 1. The van der Waals surface area contributed by atoms with Crippen LogP contribution in [0.5, 0.6) is 11.5 Å². The second-order valence-corrected chi connectivity index (χ2v) is 7.50. The van der Waals surface area contributed by atoms with Crippen LogP contribution in [0.3, 0.4) is 0 Å². The van der Waals surface area contributed by atoms with Gasteiger partial charge in [0.15, 0.2) is 11.6 Å². The molecule has 0 unspecified atom stereocenters. The predicted octanol–water partition coefficient (Wildman–Crippen LogP) is 3.31. The van der Waals surface area contributed by atoms with Crippen LogP contribution in [-0.4, -0.2) is 43.1 Å². The molecule has 5 aromatic rings. The molecule has 0 N–H and O–H groups in total. The van der Waals surface area contributed by atoms with Crippen LogP contribution in [0.25, 0.3) is 38.8 Å².